The molecule has 1 rings (SSSR count). The molecule has 1 N–H and O–H groups in total. The zero-order valence-electron chi connectivity index (χ0n) is 15.5. The van der Waals surface area contributed by atoms with Crippen molar-refractivity contribution in [2.45, 2.75) is 59.6 Å². The smallest absolute Gasteiger partial charge is 0.410 e. The zero-order chi connectivity index (χ0) is 17.5. The fourth-order valence-electron chi connectivity index (χ4n) is 2.35. The van der Waals surface area contributed by atoms with Crippen molar-refractivity contribution < 1.29 is 9.53 Å². The number of nitrogens with one attached hydrogen (secondary N) is 1. The van der Waals surface area contributed by atoms with Crippen LogP contribution in [0.25, 0.3) is 0 Å². The molecule has 130 valence electrons. The SMILES string of the molecule is CCN(CCCNC(C)c1cccc(C)c1)C(=O)OC(C)(C)C. The van der Waals surface area contributed by atoms with Gasteiger partial charge in [-0.15, -0.1) is 0 Å². The highest BCUT2D eigenvalue weighted by atomic mass is 16.6. The minimum Gasteiger partial charge on any atom is -0.444 e. The van der Waals surface area contributed by atoms with Gasteiger partial charge in [0, 0.05) is 19.1 Å². The number of carbonyl (C=O) groups is 1. The van der Waals surface area contributed by atoms with E-state index >= 15 is 0 Å². The maximum atomic E-state index is 12.1. The van der Waals surface area contributed by atoms with Crippen LogP contribution in [-0.4, -0.2) is 36.2 Å². The topological polar surface area (TPSA) is 41.6 Å². The van der Waals surface area contributed by atoms with E-state index in [2.05, 4.69) is 43.4 Å². The molecular weight excluding hydrogens is 288 g/mol. The Morgan fingerprint density at radius 1 is 1.35 bits per heavy atom. The van der Waals surface area contributed by atoms with Crippen LogP contribution in [0.3, 0.4) is 0 Å². The predicted octanol–water partition coefficient (Wildman–Crippen LogP) is 4.29. The third kappa shape index (κ3) is 7.51. The Bertz CT molecular complexity index is 494. The molecule has 4 heteroatoms. The van der Waals surface area contributed by atoms with Crippen LogP contribution in [0.1, 0.15) is 58.2 Å². The number of hydrogen-bond donors (Lipinski definition) is 1. The molecule has 0 bridgehead atoms. The second-order valence-corrected chi connectivity index (χ2v) is 7.00. The lowest BCUT2D eigenvalue weighted by Crippen LogP contribution is -2.38. The fourth-order valence-corrected chi connectivity index (χ4v) is 2.35. The standard InChI is InChI=1S/C19H32N2O2/c1-7-21(18(22)23-19(4,5)6)13-9-12-20-16(3)17-11-8-10-15(2)14-17/h8,10-11,14,16,20H,7,9,12-13H2,1-6H3. The van der Waals surface area contributed by atoms with Crippen LogP contribution in [0, 0.1) is 6.92 Å². The lowest BCUT2D eigenvalue weighted by Gasteiger charge is -2.26. The first kappa shape index (κ1) is 19.5. The van der Waals surface area contributed by atoms with E-state index in [1.807, 2.05) is 27.7 Å². The van der Waals surface area contributed by atoms with Crippen molar-refractivity contribution in [3.8, 4) is 0 Å². The van der Waals surface area contributed by atoms with Crippen LogP contribution < -0.4 is 5.32 Å². The molecular formula is C19H32N2O2. The summed E-state index contributed by atoms with van der Waals surface area (Å²) in [5, 5.41) is 3.51. The van der Waals surface area contributed by atoms with Crippen molar-refractivity contribution >= 4 is 6.09 Å². The molecule has 0 heterocycles. The van der Waals surface area contributed by atoms with Gasteiger partial charge < -0.3 is 15.0 Å². The van der Waals surface area contributed by atoms with Crippen molar-refractivity contribution in [1.82, 2.24) is 10.2 Å². The van der Waals surface area contributed by atoms with Gasteiger partial charge in [0.1, 0.15) is 5.60 Å². The second-order valence-electron chi connectivity index (χ2n) is 7.00. The highest BCUT2D eigenvalue weighted by Gasteiger charge is 2.20. The Morgan fingerprint density at radius 3 is 2.61 bits per heavy atom. The Labute approximate surface area is 141 Å². The van der Waals surface area contributed by atoms with Gasteiger partial charge in [0.15, 0.2) is 0 Å². The molecule has 0 saturated carbocycles. The second kappa shape index (κ2) is 8.92. The van der Waals surface area contributed by atoms with Gasteiger partial charge in [-0.1, -0.05) is 29.8 Å². The normalized spacial score (nSPS) is 12.8. The van der Waals surface area contributed by atoms with Gasteiger partial charge >= 0.3 is 6.09 Å². The molecule has 4 nitrogen and oxygen atoms in total. The molecule has 1 atom stereocenters. The van der Waals surface area contributed by atoms with E-state index in [0.29, 0.717) is 19.1 Å². The minimum absolute atomic E-state index is 0.230. The first-order valence-corrected chi connectivity index (χ1v) is 8.51. The van der Waals surface area contributed by atoms with Crippen LogP contribution in [0.2, 0.25) is 0 Å². The largest absolute Gasteiger partial charge is 0.444 e. The van der Waals surface area contributed by atoms with Crippen molar-refractivity contribution in [3.63, 3.8) is 0 Å². The zero-order valence-corrected chi connectivity index (χ0v) is 15.5. The number of nitrogens with zero attached hydrogens (tertiary/aromatic N) is 1. The highest BCUT2D eigenvalue weighted by molar-refractivity contribution is 5.68. The summed E-state index contributed by atoms with van der Waals surface area (Å²) in [6, 6.07) is 8.85. The van der Waals surface area contributed by atoms with Gasteiger partial charge in [-0.05, 0) is 60.1 Å². The summed E-state index contributed by atoms with van der Waals surface area (Å²) in [6.45, 7) is 14.2. The molecule has 1 unspecified atom stereocenters. The number of hydrogen-bond acceptors (Lipinski definition) is 3. The summed E-state index contributed by atoms with van der Waals surface area (Å²) >= 11 is 0. The molecule has 1 aromatic rings. The molecule has 1 aromatic carbocycles. The van der Waals surface area contributed by atoms with Gasteiger partial charge in [0.05, 0.1) is 0 Å². The highest BCUT2D eigenvalue weighted by Crippen LogP contribution is 2.14. The molecule has 1 amide bonds. The van der Waals surface area contributed by atoms with E-state index in [9.17, 15) is 4.79 Å². The Morgan fingerprint density at radius 2 is 2.04 bits per heavy atom. The maximum Gasteiger partial charge on any atom is 0.410 e. The van der Waals surface area contributed by atoms with Crippen LogP contribution >= 0.6 is 0 Å². The Balaban J connectivity index is 2.36. The van der Waals surface area contributed by atoms with Gasteiger partial charge in [0.25, 0.3) is 0 Å². The first-order chi connectivity index (χ1) is 10.7. The Kier molecular flexibility index (Phi) is 7.56. The minimum atomic E-state index is -0.442. The molecule has 0 aliphatic heterocycles. The van der Waals surface area contributed by atoms with Gasteiger partial charge in [-0.2, -0.15) is 0 Å². The summed E-state index contributed by atoms with van der Waals surface area (Å²) in [4.78, 5) is 13.8. The van der Waals surface area contributed by atoms with E-state index in [-0.39, 0.29) is 6.09 Å². The molecule has 0 aromatic heterocycles. The number of ether oxygens (including phenoxy) is 1. The molecule has 0 fully saturated rings. The van der Waals surface area contributed by atoms with Crippen molar-refractivity contribution in [2.24, 2.45) is 0 Å². The third-order valence-corrected chi connectivity index (χ3v) is 3.63. The lowest BCUT2D eigenvalue weighted by molar-refractivity contribution is 0.0258. The van der Waals surface area contributed by atoms with E-state index in [4.69, 9.17) is 4.74 Å². The molecule has 0 saturated heterocycles. The lowest BCUT2D eigenvalue weighted by atomic mass is 10.1. The fraction of sp³-hybridized carbons (Fsp3) is 0.632. The first-order valence-electron chi connectivity index (χ1n) is 8.51. The average Bonchev–Trinajstić information content (AvgIpc) is 2.45. The van der Waals surface area contributed by atoms with Crippen LogP contribution in [0.4, 0.5) is 4.79 Å². The molecule has 0 radical (unpaired) electrons. The van der Waals surface area contributed by atoms with E-state index < -0.39 is 5.60 Å². The molecule has 0 spiro atoms. The number of carbonyl (C=O) groups excluding carboxylic acids is 1. The van der Waals surface area contributed by atoms with Crippen molar-refractivity contribution in [2.75, 3.05) is 19.6 Å². The Hall–Kier alpha value is -1.55. The summed E-state index contributed by atoms with van der Waals surface area (Å²) in [7, 11) is 0. The molecule has 23 heavy (non-hydrogen) atoms. The summed E-state index contributed by atoms with van der Waals surface area (Å²) in [5.74, 6) is 0. The van der Waals surface area contributed by atoms with Crippen LogP contribution in [-0.2, 0) is 4.74 Å². The summed E-state index contributed by atoms with van der Waals surface area (Å²) < 4.78 is 5.42. The van der Waals surface area contributed by atoms with Crippen molar-refractivity contribution in [3.05, 3.63) is 35.4 Å². The van der Waals surface area contributed by atoms with Gasteiger partial charge in [-0.3, -0.25) is 0 Å². The van der Waals surface area contributed by atoms with E-state index in [0.717, 1.165) is 13.0 Å². The number of benzene rings is 1. The van der Waals surface area contributed by atoms with Crippen molar-refractivity contribution in [1.29, 1.82) is 0 Å². The summed E-state index contributed by atoms with van der Waals surface area (Å²) in [5.41, 5.74) is 2.13. The van der Waals surface area contributed by atoms with Crippen LogP contribution in [0.15, 0.2) is 24.3 Å². The number of amides is 1. The monoisotopic (exact) mass is 320 g/mol. The summed E-state index contributed by atoms with van der Waals surface area (Å²) in [6.07, 6.45) is 0.676. The average molecular weight is 320 g/mol. The predicted molar refractivity (Wildman–Crippen MR) is 95.7 cm³/mol. The maximum absolute atomic E-state index is 12.1. The van der Waals surface area contributed by atoms with Gasteiger partial charge in [-0.25, -0.2) is 4.79 Å². The quantitative estimate of drug-likeness (QED) is 0.762. The molecule has 0 aliphatic carbocycles. The molecule has 0 aliphatic rings. The van der Waals surface area contributed by atoms with Gasteiger partial charge in [0.2, 0.25) is 0 Å². The van der Waals surface area contributed by atoms with Crippen LogP contribution in [0.5, 0.6) is 0 Å². The van der Waals surface area contributed by atoms with E-state index in [1.165, 1.54) is 11.1 Å². The number of rotatable bonds is 7. The number of aryl methyl sites for hydroxylation is 1. The van der Waals surface area contributed by atoms with E-state index in [1.54, 1.807) is 4.90 Å². The third-order valence-electron chi connectivity index (χ3n) is 3.63.